The van der Waals surface area contributed by atoms with E-state index in [2.05, 4.69) is 14.8 Å². The number of H-pyrrole nitrogens is 1. The lowest BCUT2D eigenvalue weighted by atomic mass is 10.1. The van der Waals surface area contributed by atoms with Gasteiger partial charge in [0.1, 0.15) is 5.52 Å². The number of fused-ring (bicyclic) bond motifs is 3. The molecule has 19 heavy (non-hydrogen) atoms. The summed E-state index contributed by atoms with van der Waals surface area (Å²) in [5.74, 6) is -0.441. The maximum absolute atomic E-state index is 11.9. The van der Waals surface area contributed by atoms with Crippen molar-refractivity contribution in [3.63, 3.8) is 0 Å². The second-order valence-electron chi connectivity index (χ2n) is 4.27. The van der Waals surface area contributed by atoms with E-state index in [9.17, 15) is 9.59 Å². The van der Waals surface area contributed by atoms with E-state index in [1.54, 1.807) is 36.1 Å². The van der Waals surface area contributed by atoms with Crippen LogP contribution in [0.1, 0.15) is 10.4 Å². The van der Waals surface area contributed by atoms with Gasteiger partial charge in [0, 0.05) is 18.6 Å². The van der Waals surface area contributed by atoms with E-state index in [0.29, 0.717) is 22.0 Å². The number of carbonyl (C=O) groups excluding carboxylic acids is 1. The van der Waals surface area contributed by atoms with Crippen LogP contribution in [0.5, 0.6) is 0 Å². The average Bonchev–Trinajstić information content (AvgIpc) is 2.80. The fourth-order valence-corrected chi connectivity index (χ4v) is 2.14. The summed E-state index contributed by atoms with van der Waals surface area (Å²) in [4.78, 5) is 26.2. The molecule has 0 atom stereocenters. The molecule has 3 aromatic rings. The summed E-state index contributed by atoms with van der Waals surface area (Å²) in [6, 6.07) is 5.00. The Morgan fingerprint density at radius 1 is 1.37 bits per heavy atom. The molecule has 1 N–H and O–H groups in total. The zero-order chi connectivity index (χ0) is 13.6. The van der Waals surface area contributed by atoms with Gasteiger partial charge in [-0.15, -0.1) is 0 Å². The van der Waals surface area contributed by atoms with Crippen LogP contribution >= 0.6 is 0 Å². The van der Waals surface area contributed by atoms with Crippen molar-refractivity contribution in [2.75, 3.05) is 7.11 Å². The molecule has 0 saturated carbocycles. The number of nitrogens with one attached hydrogen (secondary N) is 1. The van der Waals surface area contributed by atoms with Gasteiger partial charge in [0.15, 0.2) is 0 Å². The highest BCUT2D eigenvalue weighted by Crippen LogP contribution is 2.20. The quantitative estimate of drug-likeness (QED) is 0.664. The van der Waals surface area contributed by atoms with Gasteiger partial charge in [0.05, 0.1) is 23.6 Å². The normalized spacial score (nSPS) is 11.1. The third kappa shape index (κ3) is 1.69. The van der Waals surface area contributed by atoms with Gasteiger partial charge in [-0.25, -0.2) is 4.79 Å². The van der Waals surface area contributed by atoms with Gasteiger partial charge in [0.25, 0.3) is 5.56 Å². The van der Waals surface area contributed by atoms with Crippen LogP contribution in [-0.2, 0) is 11.8 Å². The number of ether oxygens (including phenoxy) is 1. The second-order valence-corrected chi connectivity index (χ2v) is 4.27. The SMILES string of the molecule is COC(=O)c1ccc2c(c1)[nH]c(=O)c1cn(C)nc12. The number of aromatic amines is 1. The first kappa shape index (κ1) is 11.5. The zero-order valence-corrected chi connectivity index (χ0v) is 10.4. The maximum atomic E-state index is 11.9. The minimum Gasteiger partial charge on any atom is -0.465 e. The number of carbonyl (C=O) groups is 1. The zero-order valence-electron chi connectivity index (χ0n) is 10.4. The van der Waals surface area contributed by atoms with Crippen molar-refractivity contribution in [1.82, 2.24) is 14.8 Å². The van der Waals surface area contributed by atoms with Crippen molar-refractivity contribution in [3.05, 3.63) is 40.3 Å². The number of nitrogens with zero attached hydrogens (tertiary/aromatic N) is 2. The second kappa shape index (κ2) is 3.94. The highest BCUT2D eigenvalue weighted by molar-refractivity contribution is 6.04. The Kier molecular flexibility index (Phi) is 2.38. The first-order valence-corrected chi connectivity index (χ1v) is 5.68. The molecule has 0 aliphatic heterocycles. The number of methoxy groups -OCH3 is 1. The third-order valence-corrected chi connectivity index (χ3v) is 3.02. The van der Waals surface area contributed by atoms with E-state index in [-0.39, 0.29) is 5.56 Å². The number of pyridine rings is 1. The van der Waals surface area contributed by atoms with Gasteiger partial charge in [-0.2, -0.15) is 5.10 Å². The smallest absolute Gasteiger partial charge is 0.337 e. The summed E-state index contributed by atoms with van der Waals surface area (Å²) in [7, 11) is 3.07. The van der Waals surface area contributed by atoms with Crippen LogP contribution in [0.15, 0.2) is 29.2 Å². The number of rotatable bonds is 1. The predicted octanol–water partition coefficient (Wildman–Crippen LogP) is 1.20. The molecule has 2 aromatic heterocycles. The molecular weight excluding hydrogens is 246 g/mol. The van der Waals surface area contributed by atoms with Crippen molar-refractivity contribution >= 4 is 27.8 Å². The Balaban J connectivity index is 2.39. The molecule has 2 heterocycles. The van der Waals surface area contributed by atoms with Crippen molar-refractivity contribution < 1.29 is 9.53 Å². The summed E-state index contributed by atoms with van der Waals surface area (Å²) >= 11 is 0. The van der Waals surface area contributed by atoms with E-state index in [4.69, 9.17) is 0 Å². The minimum absolute atomic E-state index is 0.224. The lowest BCUT2D eigenvalue weighted by Gasteiger charge is -2.02. The third-order valence-electron chi connectivity index (χ3n) is 3.02. The van der Waals surface area contributed by atoms with Crippen molar-refractivity contribution in [1.29, 1.82) is 0 Å². The van der Waals surface area contributed by atoms with E-state index in [1.165, 1.54) is 7.11 Å². The van der Waals surface area contributed by atoms with Crippen LogP contribution in [0.3, 0.4) is 0 Å². The largest absolute Gasteiger partial charge is 0.465 e. The lowest BCUT2D eigenvalue weighted by molar-refractivity contribution is 0.0601. The maximum Gasteiger partial charge on any atom is 0.337 e. The minimum atomic E-state index is -0.441. The first-order valence-electron chi connectivity index (χ1n) is 5.68. The summed E-state index contributed by atoms with van der Waals surface area (Å²) < 4.78 is 6.25. The Morgan fingerprint density at radius 3 is 2.89 bits per heavy atom. The Bertz CT molecular complexity index is 861. The monoisotopic (exact) mass is 257 g/mol. The van der Waals surface area contributed by atoms with Crippen molar-refractivity contribution in [2.45, 2.75) is 0 Å². The topological polar surface area (TPSA) is 77.0 Å². The number of aromatic nitrogens is 3. The highest BCUT2D eigenvalue weighted by Gasteiger charge is 2.11. The average molecular weight is 257 g/mol. The number of benzene rings is 1. The molecule has 0 aliphatic rings. The van der Waals surface area contributed by atoms with Crippen LogP contribution in [0.2, 0.25) is 0 Å². The first-order chi connectivity index (χ1) is 9.10. The standard InChI is InChI=1S/C13H11N3O3/c1-16-6-9-11(15-16)8-4-3-7(13(18)19-2)5-10(8)14-12(9)17/h3-6H,1-2H3,(H,14,17). The molecule has 6 heteroatoms. The Morgan fingerprint density at radius 2 is 2.16 bits per heavy atom. The van der Waals surface area contributed by atoms with Gasteiger partial charge in [-0.1, -0.05) is 0 Å². The molecule has 6 nitrogen and oxygen atoms in total. The Hall–Kier alpha value is -2.63. The number of hydrogen-bond acceptors (Lipinski definition) is 4. The molecule has 0 spiro atoms. The van der Waals surface area contributed by atoms with Crippen LogP contribution in [0, 0.1) is 0 Å². The fourth-order valence-electron chi connectivity index (χ4n) is 2.14. The van der Waals surface area contributed by atoms with Gasteiger partial charge in [-0.05, 0) is 18.2 Å². The molecule has 96 valence electrons. The molecule has 0 aliphatic carbocycles. The van der Waals surface area contributed by atoms with E-state index in [0.717, 1.165) is 5.39 Å². The summed E-state index contributed by atoms with van der Waals surface area (Å²) in [6.45, 7) is 0. The summed E-state index contributed by atoms with van der Waals surface area (Å²) in [6.07, 6.45) is 1.67. The van der Waals surface area contributed by atoms with Crippen LogP contribution in [0.4, 0.5) is 0 Å². The van der Waals surface area contributed by atoms with Crippen molar-refractivity contribution in [3.8, 4) is 0 Å². The highest BCUT2D eigenvalue weighted by atomic mass is 16.5. The van der Waals surface area contributed by atoms with E-state index >= 15 is 0 Å². The van der Waals surface area contributed by atoms with Crippen molar-refractivity contribution in [2.24, 2.45) is 7.05 Å². The molecule has 0 unspecified atom stereocenters. The molecule has 0 fully saturated rings. The molecule has 0 bridgehead atoms. The molecule has 0 radical (unpaired) electrons. The fraction of sp³-hybridized carbons (Fsp3) is 0.154. The van der Waals surface area contributed by atoms with Gasteiger partial charge in [0.2, 0.25) is 0 Å². The molecule has 0 amide bonds. The molecule has 0 saturated heterocycles. The molecule has 1 aromatic carbocycles. The molecular formula is C13H11N3O3. The van der Waals surface area contributed by atoms with Gasteiger partial charge >= 0.3 is 5.97 Å². The van der Waals surface area contributed by atoms with Crippen LogP contribution < -0.4 is 5.56 Å². The lowest BCUT2D eigenvalue weighted by Crippen LogP contribution is -2.07. The number of esters is 1. The van der Waals surface area contributed by atoms with Gasteiger partial charge in [-0.3, -0.25) is 9.48 Å². The Labute approximate surface area is 107 Å². The van der Waals surface area contributed by atoms with E-state index < -0.39 is 5.97 Å². The van der Waals surface area contributed by atoms with Crippen LogP contribution in [0.25, 0.3) is 21.8 Å². The van der Waals surface area contributed by atoms with Crippen LogP contribution in [-0.4, -0.2) is 27.8 Å². The number of aryl methyl sites for hydroxylation is 1. The predicted molar refractivity (Wildman–Crippen MR) is 70.2 cm³/mol. The molecule has 3 rings (SSSR count). The number of hydrogen-bond donors (Lipinski definition) is 1. The van der Waals surface area contributed by atoms with Gasteiger partial charge < -0.3 is 9.72 Å². The summed E-state index contributed by atoms with van der Waals surface area (Å²) in [5.41, 5.74) is 1.36. The van der Waals surface area contributed by atoms with E-state index in [1.807, 2.05) is 0 Å². The summed E-state index contributed by atoms with van der Waals surface area (Å²) in [5, 5.41) is 5.60.